The van der Waals surface area contributed by atoms with Gasteiger partial charge in [0, 0.05) is 17.3 Å². The molecule has 2 heterocycles. The Bertz CT molecular complexity index is 1070. The van der Waals surface area contributed by atoms with E-state index in [1.165, 1.54) is 13.1 Å². The number of nitrogens with zero attached hydrogens (tertiary/aromatic N) is 1. The van der Waals surface area contributed by atoms with Gasteiger partial charge in [-0.15, -0.1) is 0 Å². The van der Waals surface area contributed by atoms with Crippen LogP contribution in [0.5, 0.6) is 17.4 Å². The van der Waals surface area contributed by atoms with Crippen molar-refractivity contribution in [3.05, 3.63) is 64.6 Å². The van der Waals surface area contributed by atoms with Crippen LogP contribution in [0.15, 0.2) is 36.5 Å². The minimum Gasteiger partial charge on any atom is -0.493 e. The van der Waals surface area contributed by atoms with E-state index in [0.29, 0.717) is 45.6 Å². The molecular weight excluding hydrogens is 370 g/mol. The van der Waals surface area contributed by atoms with Crippen molar-refractivity contribution in [3.8, 4) is 17.4 Å². The van der Waals surface area contributed by atoms with E-state index in [1.807, 2.05) is 25.1 Å². The second-order valence-corrected chi connectivity index (χ2v) is 6.78. The van der Waals surface area contributed by atoms with Gasteiger partial charge in [0.25, 0.3) is 5.91 Å². The van der Waals surface area contributed by atoms with E-state index < -0.39 is 0 Å². The zero-order valence-corrected chi connectivity index (χ0v) is 17.0. The van der Waals surface area contributed by atoms with Gasteiger partial charge in [0.05, 0.1) is 19.0 Å². The van der Waals surface area contributed by atoms with Gasteiger partial charge in [-0.05, 0) is 57.0 Å². The van der Waals surface area contributed by atoms with Gasteiger partial charge in [-0.25, -0.2) is 4.98 Å². The maximum Gasteiger partial charge on any atom is 0.272 e. The van der Waals surface area contributed by atoms with Gasteiger partial charge in [-0.1, -0.05) is 6.07 Å². The molecule has 7 heteroatoms. The van der Waals surface area contributed by atoms with Crippen molar-refractivity contribution < 1.29 is 19.1 Å². The Labute approximate surface area is 169 Å². The van der Waals surface area contributed by atoms with Gasteiger partial charge in [0.1, 0.15) is 5.69 Å². The average molecular weight is 393 g/mol. The van der Waals surface area contributed by atoms with Crippen LogP contribution in [0.1, 0.15) is 44.6 Å². The second-order valence-electron chi connectivity index (χ2n) is 6.78. The van der Waals surface area contributed by atoms with Crippen LogP contribution in [-0.4, -0.2) is 28.8 Å². The molecule has 0 aliphatic carbocycles. The number of aromatic amines is 1. The molecule has 0 bridgehead atoms. The summed E-state index contributed by atoms with van der Waals surface area (Å²) in [5.41, 5.74) is 3.78. The number of nitrogens with one attached hydrogen (secondary N) is 2. The Hall–Kier alpha value is -3.61. The lowest BCUT2D eigenvalue weighted by Gasteiger charge is -2.11. The molecule has 0 spiro atoms. The minimum absolute atomic E-state index is 0.0787. The number of aromatic nitrogens is 2. The zero-order valence-electron chi connectivity index (χ0n) is 17.0. The third-order valence-corrected chi connectivity index (χ3v) is 4.54. The fraction of sp³-hybridized carbons (Fsp3) is 0.227. The van der Waals surface area contributed by atoms with Crippen molar-refractivity contribution in [1.82, 2.24) is 9.97 Å². The van der Waals surface area contributed by atoms with Crippen molar-refractivity contribution in [2.45, 2.75) is 27.7 Å². The monoisotopic (exact) mass is 393 g/mol. The quantitative estimate of drug-likeness (QED) is 0.598. The number of rotatable bonds is 6. The third kappa shape index (κ3) is 4.29. The van der Waals surface area contributed by atoms with Crippen molar-refractivity contribution in [3.63, 3.8) is 0 Å². The summed E-state index contributed by atoms with van der Waals surface area (Å²) in [4.78, 5) is 31.6. The summed E-state index contributed by atoms with van der Waals surface area (Å²) in [5, 5.41) is 2.78. The summed E-state index contributed by atoms with van der Waals surface area (Å²) in [7, 11) is 1.58. The van der Waals surface area contributed by atoms with E-state index >= 15 is 0 Å². The molecule has 3 rings (SSSR count). The first-order valence-electron chi connectivity index (χ1n) is 9.10. The molecule has 150 valence electrons. The molecule has 1 aromatic carbocycles. The van der Waals surface area contributed by atoms with Crippen molar-refractivity contribution in [2.75, 3.05) is 12.4 Å². The van der Waals surface area contributed by atoms with Gasteiger partial charge in [0.2, 0.25) is 5.88 Å². The largest absolute Gasteiger partial charge is 0.493 e. The zero-order chi connectivity index (χ0) is 21.1. The molecule has 0 saturated carbocycles. The highest BCUT2D eigenvalue weighted by Crippen LogP contribution is 2.31. The fourth-order valence-electron chi connectivity index (χ4n) is 3.19. The van der Waals surface area contributed by atoms with Crippen molar-refractivity contribution in [1.29, 1.82) is 0 Å². The van der Waals surface area contributed by atoms with Crippen LogP contribution in [0.3, 0.4) is 0 Å². The number of amides is 1. The number of methoxy groups -OCH3 is 1. The number of aryl methyl sites for hydroxylation is 2. The standard InChI is InChI=1S/C22H23N3O4/c1-12-6-8-17(18(10-12)28-5)29-19-9-7-16(11-23-19)25-22(27)21-13(2)20(15(4)26)14(3)24-21/h6-11,24H,1-5H3,(H,25,27). The van der Waals surface area contributed by atoms with E-state index in [-0.39, 0.29) is 11.7 Å². The molecule has 0 fully saturated rings. The minimum atomic E-state index is -0.339. The second kappa shape index (κ2) is 8.18. The maximum absolute atomic E-state index is 12.6. The lowest BCUT2D eigenvalue weighted by atomic mass is 10.1. The molecule has 1 amide bonds. The number of ketones is 1. The fourth-order valence-corrected chi connectivity index (χ4v) is 3.19. The first-order chi connectivity index (χ1) is 13.8. The number of carbonyl (C=O) groups is 2. The predicted octanol–water partition coefficient (Wildman–Crippen LogP) is 4.59. The molecule has 7 nitrogen and oxygen atoms in total. The van der Waals surface area contributed by atoms with Crippen molar-refractivity contribution in [2.24, 2.45) is 0 Å². The summed E-state index contributed by atoms with van der Waals surface area (Å²) in [6.07, 6.45) is 1.50. The molecule has 0 aliphatic heterocycles. The van der Waals surface area contributed by atoms with Gasteiger partial charge >= 0.3 is 0 Å². The van der Waals surface area contributed by atoms with Crippen LogP contribution in [0.25, 0.3) is 0 Å². The highest BCUT2D eigenvalue weighted by atomic mass is 16.5. The molecule has 3 aromatic rings. The lowest BCUT2D eigenvalue weighted by molar-refractivity contribution is 0.101. The number of hydrogen-bond donors (Lipinski definition) is 2. The molecule has 0 aliphatic rings. The number of ether oxygens (including phenoxy) is 2. The van der Waals surface area contributed by atoms with Crippen LogP contribution in [0.4, 0.5) is 5.69 Å². The Morgan fingerprint density at radius 1 is 1.07 bits per heavy atom. The number of benzene rings is 1. The van der Waals surface area contributed by atoms with Crippen LogP contribution in [0.2, 0.25) is 0 Å². The highest BCUT2D eigenvalue weighted by Gasteiger charge is 2.20. The molecule has 0 atom stereocenters. The summed E-state index contributed by atoms with van der Waals surface area (Å²) >= 11 is 0. The predicted molar refractivity (Wildman–Crippen MR) is 110 cm³/mol. The van der Waals surface area contributed by atoms with E-state index in [0.717, 1.165) is 5.56 Å². The smallest absolute Gasteiger partial charge is 0.272 e. The summed E-state index contributed by atoms with van der Waals surface area (Å²) in [6.45, 7) is 6.97. The SMILES string of the molecule is COc1cc(C)ccc1Oc1ccc(NC(=O)c2[nH]c(C)c(C(C)=O)c2C)cn1. The molecule has 29 heavy (non-hydrogen) atoms. The molecule has 0 saturated heterocycles. The van der Waals surface area contributed by atoms with E-state index in [1.54, 1.807) is 33.1 Å². The normalized spacial score (nSPS) is 10.5. The maximum atomic E-state index is 12.6. The molecular formula is C22H23N3O4. The first kappa shape index (κ1) is 20.1. The van der Waals surface area contributed by atoms with Gasteiger partial charge in [-0.3, -0.25) is 9.59 Å². The Morgan fingerprint density at radius 3 is 2.41 bits per heavy atom. The number of pyridine rings is 1. The van der Waals surface area contributed by atoms with Gasteiger partial charge in [-0.2, -0.15) is 0 Å². The van der Waals surface area contributed by atoms with Crippen LogP contribution < -0.4 is 14.8 Å². The van der Waals surface area contributed by atoms with Gasteiger partial charge < -0.3 is 19.8 Å². The Morgan fingerprint density at radius 2 is 1.83 bits per heavy atom. The number of H-pyrrole nitrogens is 1. The molecule has 0 unspecified atom stereocenters. The average Bonchev–Trinajstić information content (AvgIpc) is 2.99. The lowest BCUT2D eigenvalue weighted by Crippen LogP contribution is -2.14. The number of hydrogen-bond acceptors (Lipinski definition) is 5. The van der Waals surface area contributed by atoms with Crippen LogP contribution in [-0.2, 0) is 0 Å². The molecule has 2 aromatic heterocycles. The number of carbonyl (C=O) groups excluding carboxylic acids is 2. The summed E-state index contributed by atoms with van der Waals surface area (Å²) < 4.78 is 11.1. The van der Waals surface area contributed by atoms with Crippen LogP contribution in [0, 0.1) is 20.8 Å². The van der Waals surface area contributed by atoms with E-state index in [9.17, 15) is 9.59 Å². The Balaban J connectivity index is 1.74. The number of anilines is 1. The summed E-state index contributed by atoms with van der Waals surface area (Å²) in [6, 6.07) is 8.96. The van der Waals surface area contributed by atoms with Crippen molar-refractivity contribution >= 4 is 17.4 Å². The summed E-state index contributed by atoms with van der Waals surface area (Å²) in [5.74, 6) is 1.12. The highest BCUT2D eigenvalue weighted by molar-refractivity contribution is 6.07. The Kier molecular flexibility index (Phi) is 5.68. The first-order valence-corrected chi connectivity index (χ1v) is 9.10. The number of Topliss-reactive ketones (excluding diaryl/α,β-unsaturated/α-hetero) is 1. The topological polar surface area (TPSA) is 93.3 Å². The van der Waals surface area contributed by atoms with Crippen LogP contribution >= 0.6 is 0 Å². The third-order valence-electron chi connectivity index (χ3n) is 4.54. The van der Waals surface area contributed by atoms with Gasteiger partial charge in [0.15, 0.2) is 17.3 Å². The van der Waals surface area contributed by atoms with E-state index in [2.05, 4.69) is 15.3 Å². The molecule has 2 N–H and O–H groups in total. The van der Waals surface area contributed by atoms with E-state index in [4.69, 9.17) is 9.47 Å². The molecule has 0 radical (unpaired) electrons.